The van der Waals surface area contributed by atoms with Gasteiger partial charge in [-0.15, -0.1) is 0 Å². The van der Waals surface area contributed by atoms with Crippen molar-refractivity contribution in [2.75, 3.05) is 13.1 Å². The highest BCUT2D eigenvalue weighted by Crippen LogP contribution is 2.17. The van der Waals surface area contributed by atoms with Gasteiger partial charge in [0.15, 0.2) is 0 Å². The lowest BCUT2D eigenvalue weighted by Gasteiger charge is -2.29. The van der Waals surface area contributed by atoms with Crippen LogP contribution in [-0.2, 0) is 0 Å². The van der Waals surface area contributed by atoms with E-state index in [1.165, 1.54) is 77.0 Å². The molecule has 0 heterocycles. The zero-order valence-electron chi connectivity index (χ0n) is 14.4. The van der Waals surface area contributed by atoms with Crippen LogP contribution in [-0.4, -0.2) is 37.3 Å². The van der Waals surface area contributed by atoms with Gasteiger partial charge in [0.1, 0.15) is 0 Å². The van der Waals surface area contributed by atoms with Crippen LogP contribution in [0.15, 0.2) is 0 Å². The third kappa shape index (κ3) is 6.53. The van der Waals surface area contributed by atoms with Gasteiger partial charge in [-0.1, -0.05) is 38.5 Å². The van der Waals surface area contributed by atoms with Crippen molar-refractivity contribution in [3.8, 4) is 0 Å². The molecule has 4 atom stereocenters. The van der Waals surface area contributed by atoms with Gasteiger partial charge in [0.05, 0.1) is 0 Å². The molecule has 2 rings (SSSR count). The summed E-state index contributed by atoms with van der Waals surface area (Å²) in [4.78, 5) is 0. The minimum atomic E-state index is 0.387. The van der Waals surface area contributed by atoms with E-state index in [0.717, 1.165) is 13.1 Å². The Labute approximate surface area is 137 Å². The molecular formula is C18H38N4. The van der Waals surface area contributed by atoms with E-state index in [1.807, 2.05) is 0 Å². The number of unbranched alkanes of at least 4 members (excludes halogenated alkanes) is 3. The van der Waals surface area contributed by atoms with Crippen molar-refractivity contribution in [2.24, 2.45) is 11.5 Å². The maximum absolute atomic E-state index is 6.16. The SMILES string of the molecule is NC1CCCCC1NCCCCCCNC1CCCCC1N. The molecule has 2 aliphatic carbocycles. The average Bonchev–Trinajstić information content (AvgIpc) is 2.53. The fourth-order valence-electron chi connectivity index (χ4n) is 4.00. The summed E-state index contributed by atoms with van der Waals surface area (Å²) in [6.45, 7) is 2.28. The maximum Gasteiger partial charge on any atom is 0.0219 e. The van der Waals surface area contributed by atoms with Crippen LogP contribution in [0.25, 0.3) is 0 Å². The van der Waals surface area contributed by atoms with Crippen molar-refractivity contribution in [3.63, 3.8) is 0 Å². The summed E-state index contributed by atoms with van der Waals surface area (Å²) in [6, 6.07) is 1.92. The summed E-state index contributed by atoms with van der Waals surface area (Å²) in [5.74, 6) is 0. The van der Waals surface area contributed by atoms with Crippen molar-refractivity contribution in [1.82, 2.24) is 10.6 Å². The van der Waals surface area contributed by atoms with E-state index in [2.05, 4.69) is 10.6 Å². The van der Waals surface area contributed by atoms with Gasteiger partial charge in [-0.2, -0.15) is 0 Å². The van der Waals surface area contributed by atoms with Crippen molar-refractivity contribution in [1.29, 1.82) is 0 Å². The zero-order valence-corrected chi connectivity index (χ0v) is 14.4. The van der Waals surface area contributed by atoms with Gasteiger partial charge in [0, 0.05) is 24.2 Å². The van der Waals surface area contributed by atoms with Gasteiger partial charge in [0.2, 0.25) is 0 Å². The minimum Gasteiger partial charge on any atom is -0.326 e. The monoisotopic (exact) mass is 310 g/mol. The lowest BCUT2D eigenvalue weighted by atomic mass is 9.91. The third-order valence-electron chi connectivity index (χ3n) is 5.56. The highest BCUT2D eigenvalue weighted by molar-refractivity contribution is 4.84. The Bertz CT molecular complexity index is 256. The van der Waals surface area contributed by atoms with Crippen molar-refractivity contribution < 1.29 is 0 Å². The largest absolute Gasteiger partial charge is 0.326 e. The molecule has 0 aromatic heterocycles. The highest BCUT2D eigenvalue weighted by Gasteiger charge is 2.21. The standard InChI is InChI=1S/C18H38N4/c19-15-9-3-5-11-17(15)21-13-7-1-2-8-14-22-18-12-6-4-10-16(18)20/h15-18,21-22H,1-14,19-20H2. The third-order valence-corrected chi connectivity index (χ3v) is 5.56. The van der Waals surface area contributed by atoms with Crippen LogP contribution < -0.4 is 22.1 Å². The number of rotatable bonds is 9. The Morgan fingerprint density at radius 2 is 1.00 bits per heavy atom. The number of hydrogen-bond acceptors (Lipinski definition) is 4. The Balaban J connectivity index is 1.39. The van der Waals surface area contributed by atoms with Crippen LogP contribution in [0.1, 0.15) is 77.0 Å². The fourth-order valence-corrected chi connectivity index (χ4v) is 4.00. The van der Waals surface area contributed by atoms with E-state index >= 15 is 0 Å². The van der Waals surface area contributed by atoms with Gasteiger partial charge in [0.25, 0.3) is 0 Å². The Kier molecular flexibility index (Phi) is 8.75. The first-order valence-corrected chi connectivity index (χ1v) is 9.75. The molecular weight excluding hydrogens is 272 g/mol. The second-order valence-corrected chi connectivity index (χ2v) is 7.43. The smallest absolute Gasteiger partial charge is 0.0219 e. The predicted molar refractivity (Wildman–Crippen MR) is 94.9 cm³/mol. The summed E-state index contributed by atoms with van der Waals surface area (Å²) in [6.07, 6.45) is 15.5. The second-order valence-electron chi connectivity index (χ2n) is 7.43. The molecule has 0 aromatic carbocycles. The van der Waals surface area contributed by atoms with Crippen LogP contribution >= 0.6 is 0 Å². The van der Waals surface area contributed by atoms with Crippen LogP contribution in [0.2, 0.25) is 0 Å². The molecule has 0 bridgehead atoms. The molecule has 0 radical (unpaired) electrons. The number of nitrogens with two attached hydrogens (primary N) is 2. The molecule has 22 heavy (non-hydrogen) atoms. The average molecular weight is 311 g/mol. The molecule has 0 aliphatic heterocycles. The lowest BCUT2D eigenvalue weighted by Crippen LogP contribution is -2.47. The topological polar surface area (TPSA) is 76.1 Å². The Morgan fingerprint density at radius 3 is 1.41 bits per heavy atom. The van der Waals surface area contributed by atoms with Crippen molar-refractivity contribution in [3.05, 3.63) is 0 Å². The molecule has 130 valence electrons. The Hall–Kier alpha value is -0.160. The van der Waals surface area contributed by atoms with E-state index in [-0.39, 0.29) is 0 Å². The number of hydrogen-bond donors (Lipinski definition) is 4. The normalized spacial score (nSPS) is 33.0. The molecule has 4 unspecified atom stereocenters. The molecule has 0 spiro atoms. The summed E-state index contributed by atoms with van der Waals surface area (Å²) >= 11 is 0. The van der Waals surface area contributed by atoms with E-state index < -0.39 is 0 Å². The summed E-state index contributed by atoms with van der Waals surface area (Å²) in [5.41, 5.74) is 12.3. The van der Waals surface area contributed by atoms with Crippen LogP contribution in [0.3, 0.4) is 0 Å². The molecule has 2 saturated carbocycles. The second kappa shape index (κ2) is 10.6. The van der Waals surface area contributed by atoms with Crippen LogP contribution in [0, 0.1) is 0 Å². The first-order valence-electron chi connectivity index (χ1n) is 9.75. The minimum absolute atomic E-state index is 0.387. The first-order chi connectivity index (χ1) is 10.8. The first kappa shape index (κ1) is 18.2. The molecule has 2 aliphatic rings. The quantitative estimate of drug-likeness (QED) is 0.493. The summed E-state index contributed by atoms with van der Waals surface area (Å²) in [7, 11) is 0. The molecule has 0 amide bonds. The fraction of sp³-hybridized carbons (Fsp3) is 1.00. The summed E-state index contributed by atoms with van der Waals surface area (Å²) < 4.78 is 0. The van der Waals surface area contributed by atoms with Gasteiger partial charge < -0.3 is 22.1 Å². The molecule has 0 aromatic rings. The van der Waals surface area contributed by atoms with Gasteiger partial charge in [-0.05, 0) is 51.6 Å². The van der Waals surface area contributed by atoms with E-state index in [1.54, 1.807) is 0 Å². The molecule has 4 heteroatoms. The molecule has 4 nitrogen and oxygen atoms in total. The lowest BCUT2D eigenvalue weighted by molar-refractivity contribution is 0.321. The van der Waals surface area contributed by atoms with Crippen LogP contribution in [0.5, 0.6) is 0 Å². The van der Waals surface area contributed by atoms with E-state index in [4.69, 9.17) is 11.5 Å². The molecule has 0 saturated heterocycles. The molecule has 6 N–H and O–H groups in total. The van der Waals surface area contributed by atoms with Crippen molar-refractivity contribution >= 4 is 0 Å². The maximum atomic E-state index is 6.16. The van der Waals surface area contributed by atoms with Crippen LogP contribution in [0.4, 0.5) is 0 Å². The van der Waals surface area contributed by atoms with Gasteiger partial charge in [-0.25, -0.2) is 0 Å². The zero-order chi connectivity index (χ0) is 15.6. The van der Waals surface area contributed by atoms with Gasteiger partial charge in [-0.3, -0.25) is 0 Å². The van der Waals surface area contributed by atoms with E-state index in [0.29, 0.717) is 24.2 Å². The van der Waals surface area contributed by atoms with Gasteiger partial charge >= 0.3 is 0 Å². The van der Waals surface area contributed by atoms with Crippen molar-refractivity contribution in [2.45, 2.75) is 101 Å². The highest BCUT2D eigenvalue weighted by atomic mass is 15.0. The summed E-state index contributed by atoms with van der Waals surface area (Å²) in [5, 5.41) is 7.33. The molecule has 2 fully saturated rings. The van der Waals surface area contributed by atoms with E-state index in [9.17, 15) is 0 Å². The number of nitrogens with one attached hydrogen (secondary N) is 2. The predicted octanol–water partition coefficient (Wildman–Crippen LogP) is 2.27. The Morgan fingerprint density at radius 1 is 0.591 bits per heavy atom.